The minimum atomic E-state index is 0.554. The maximum atomic E-state index is 6.19. The minimum Gasteiger partial charge on any atom is -0.491 e. The maximum absolute atomic E-state index is 6.19. The lowest BCUT2D eigenvalue weighted by Crippen LogP contribution is -2.12. The molecule has 0 heterocycles. The number of rotatable bonds is 7. The molecule has 0 aliphatic carbocycles. The molecule has 0 spiro atoms. The first kappa shape index (κ1) is 15.6. The summed E-state index contributed by atoms with van der Waals surface area (Å²) >= 11 is 12.2. The van der Waals surface area contributed by atoms with Crippen LogP contribution >= 0.6 is 23.2 Å². The first-order chi connectivity index (χ1) is 8.62. The van der Waals surface area contributed by atoms with Crippen LogP contribution in [0.5, 0.6) is 5.75 Å². The number of hydrogen-bond acceptors (Lipinski definition) is 2. The Labute approximate surface area is 119 Å². The first-order valence-corrected chi connectivity index (χ1v) is 7.18. The number of hydrogen-bond donors (Lipinski definition) is 1. The van der Waals surface area contributed by atoms with Crippen LogP contribution < -0.4 is 10.5 Å². The van der Waals surface area contributed by atoms with Gasteiger partial charge in [0.05, 0.1) is 11.6 Å². The third-order valence-corrected chi connectivity index (χ3v) is 3.62. The zero-order valence-electron chi connectivity index (χ0n) is 11.0. The van der Waals surface area contributed by atoms with Gasteiger partial charge in [0.1, 0.15) is 5.75 Å². The maximum Gasteiger partial charge on any atom is 0.141 e. The van der Waals surface area contributed by atoms with Crippen molar-refractivity contribution in [1.82, 2.24) is 0 Å². The van der Waals surface area contributed by atoms with Gasteiger partial charge in [-0.1, -0.05) is 49.9 Å². The molecule has 0 aliphatic heterocycles. The molecule has 0 bridgehead atoms. The zero-order chi connectivity index (χ0) is 13.5. The van der Waals surface area contributed by atoms with Gasteiger partial charge in [-0.3, -0.25) is 0 Å². The van der Waals surface area contributed by atoms with Crippen LogP contribution in [0.4, 0.5) is 0 Å². The van der Waals surface area contributed by atoms with E-state index in [1.165, 1.54) is 0 Å². The van der Waals surface area contributed by atoms with Gasteiger partial charge in [-0.25, -0.2) is 0 Å². The average Bonchev–Trinajstić information content (AvgIpc) is 2.33. The summed E-state index contributed by atoms with van der Waals surface area (Å²) < 4.78 is 5.87. The predicted molar refractivity (Wildman–Crippen MR) is 78.8 cm³/mol. The number of halogens is 2. The fourth-order valence-electron chi connectivity index (χ4n) is 1.84. The molecule has 0 aromatic heterocycles. The van der Waals surface area contributed by atoms with E-state index in [0.717, 1.165) is 30.6 Å². The average molecular weight is 290 g/mol. The summed E-state index contributed by atoms with van der Waals surface area (Å²) in [5.41, 5.74) is 6.58. The second-order valence-electron chi connectivity index (χ2n) is 4.41. The van der Waals surface area contributed by atoms with E-state index in [1.54, 1.807) is 6.07 Å². The van der Waals surface area contributed by atoms with Crippen molar-refractivity contribution in [2.45, 2.75) is 33.1 Å². The van der Waals surface area contributed by atoms with Gasteiger partial charge in [-0.15, -0.1) is 0 Å². The molecule has 1 aromatic rings. The van der Waals surface area contributed by atoms with E-state index in [9.17, 15) is 0 Å². The van der Waals surface area contributed by atoms with Crippen LogP contribution in [0, 0.1) is 5.92 Å². The zero-order valence-corrected chi connectivity index (χ0v) is 12.5. The smallest absolute Gasteiger partial charge is 0.141 e. The molecule has 0 aliphatic rings. The van der Waals surface area contributed by atoms with Crippen molar-refractivity contribution in [1.29, 1.82) is 0 Å². The monoisotopic (exact) mass is 289 g/mol. The van der Waals surface area contributed by atoms with E-state index in [4.69, 9.17) is 33.7 Å². The van der Waals surface area contributed by atoms with Crippen LogP contribution in [-0.2, 0) is 6.42 Å². The van der Waals surface area contributed by atoms with E-state index in [-0.39, 0.29) is 0 Å². The molecule has 2 N–H and O–H groups in total. The van der Waals surface area contributed by atoms with Crippen LogP contribution in [0.3, 0.4) is 0 Å². The molecule has 102 valence electrons. The molecule has 0 unspecified atom stereocenters. The summed E-state index contributed by atoms with van der Waals surface area (Å²) in [6.45, 7) is 5.58. The topological polar surface area (TPSA) is 35.2 Å². The molecule has 0 saturated carbocycles. The molecule has 0 saturated heterocycles. The fraction of sp³-hybridized carbons (Fsp3) is 0.571. The Hall–Kier alpha value is -0.440. The third-order valence-electron chi connectivity index (χ3n) is 3.12. The second kappa shape index (κ2) is 7.88. The van der Waals surface area contributed by atoms with E-state index >= 15 is 0 Å². The summed E-state index contributed by atoms with van der Waals surface area (Å²) in [6.07, 6.45) is 2.93. The van der Waals surface area contributed by atoms with Gasteiger partial charge >= 0.3 is 0 Å². The van der Waals surface area contributed by atoms with Crippen LogP contribution in [-0.4, -0.2) is 13.2 Å². The molecule has 4 heteroatoms. The Bertz CT molecular complexity index is 378. The van der Waals surface area contributed by atoms with Crippen molar-refractivity contribution in [3.63, 3.8) is 0 Å². The molecule has 0 radical (unpaired) electrons. The van der Waals surface area contributed by atoms with Gasteiger partial charge < -0.3 is 10.5 Å². The summed E-state index contributed by atoms with van der Waals surface area (Å²) in [6, 6.07) is 3.59. The lowest BCUT2D eigenvalue weighted by molar-refractivity contribution is 0.239. The molecule has 1 rings (SSSR count). The van der Waals surface area contributed by atoms with E-state index in [2.05, 4.69) is 13.8 Å². The van der Waals surface area contributed by atoms with E-state index < -0.39 is 0 Å². The lowest BCUT2D eigenvalue weighted by atomic mass is 10.1. The van der Waals surface area contributed by atoms with Crippen LogP contribution in [0.1, 0.15) is 32.3 Å². The SMILES string of the molecule is CCC(CC)COc1c(Cl)cc(Cl)cc1CCN. The highest BCUT2D eigenvalue weighted by Gasteiger charge is 2.12. The molecule has 2 nitrogen and oxygen atoms in total. The van der Waals surface area contributed by atoms with Gasteiger partial charge in [-0.2, -0.15) is 0 Å². The van der Waals surface area contributed by atoms with Gasteiger partial charge in [0.15, 0.2) is 0 Å². The highest BCUT2D eigenvalue weighted by molar-refractivity contribution is 6.35. The van der Waals surface area contributed by atoms with Crippen LogP contribution in [0.25, 0.3) is 0 Å². The highest BCUT2D eigenvalue weighted by Crippen LogP contribution is 2.33. The van der Waals surface area contributed by atoms with Crippen molar-refractivity contribution in [2.75, 3.05) is 13.2 Å². The second-order valence-corrected chi connectivity index (χ2v) is 5.25. The Morgan fingerprint density at radius 3 is 2.44 bits per heavy atom. The molecule has 0 amide bonds. The van der Waals surface area contributed by atoms with Crippen LogP contribution in [0.2, 0.25) is 10.0 Å². The summed E-state index contributed by atoms with van der Waals surface area (Å²) in [7, 11) is 0. The molecule has 1 aromatic carbocycles. The van der Waals surface area contributed by atoms with Gasteiger partial charge in [-0.05, 0) is 36.6 Å². The van der Waals surface area contributed by atoms with Gasteiger partial charge in [0.2, 0.25) is 0 Å². The van der Waals surface area contributed by atoms with Gasteiger partial charge in [0.25, 0.3) is 0 Å². The summed E-state index contributed by atoms with van der Waals surface area (Å²) in [5.74, 6) is 1.29. The van der Waals surface area contributed by atoms with Crippen LogP contribution in [0.15, 0.2) is 12.1 Å². The Balaban J connectivity index is 2.85. The number of nitrogens with two attached hydrogens (primary N) is 1. The number of ether oxygens (including phenoxy) is 1. The fourth-order valence-corrected chi connectivity index (χ4v) is 2.43. The van der Waals surface area contributed by atoms with E-state index in [0.29, 0.717) is 29.1 Å². The minimum absolute atomic E-state index is 0.554. The molecular weight excluding hydrogens is 269 g/mol. The molecule has 0 atom stereocenters. The first-order valence-electron chi connectivity index (χ1n) is 6.43. The quantitative estimate of drug-likeness (QED) is 0.812. The highest BCUT2D eigenvalue weighted by atomic mass is 35.5. The van der Waals surface area contributed by atoms with Crippen molar-refractivity contribution >= 4 is 23.2 Å². The summed E-state index contributed by atoms with van der Waals surface area (Å²) in [4.78, 5) is 0. The Kier molecular flexibility index (Phi) is 6.83. The predicted octanol–water partition coefficient (Wildman–Crippen LogP) is 4.31. The Morgan fingerprint density at radius 1 is 1.22 bits per heavy atom. The molecule has 18 heavy (non-hydrogen) atoms. The van der Waals surface area contributed by atoms with Gasteiger partial charge in [0, 0.05) is 5.02 Å². The molecule has 0 fully saturated rings. The third kappa shape index (κ3) is 4.34. The van der Waals surface area contributed by atoms with Crippen molar-refractivity contribution in [2.24, 2.45) is 11.7 Å². The van der Waals surface area contributed by atoms with Crippen molar-refractivity contribution in [3.05, 3.63) is 27.7 Å². The largest absolute Gasteiger partial charge is 0.491 e. The standard InChI is InChI=1S/C14H21Cl2NO/c1-3-10(4-2)9-18-14-11(5-6-17)7-12(15)8-13(14)16/h7-8,10H,3-6,9,17H2,1-2H3. The van der Waals surface area contributed by atoms with E-state index in [1.807, 2.05) is 6.07 Å². The summed E-state index contributed by atoms with van der Waals surface area (Å²) in [5, 5.41) is 1.19. The van der Waals surface area contributed by atoms with Crippen molar-refractivity contribution < 1.29 is 4.74 Å². The Morgan fingerprint density at radius 2 is 1.89 bits per heavy atom. The molecular formula is C14H21Cl2NO. The normalized spacial score (nSPS) is 11.0. The van der Waals surface area contributed by atoms with Crippen molar-refractivity contribution in [3.8, 4) is 5.75 Å². The number of benzene rings is 1. The lowest BCUT2D eigenvalue weighted by Gasteiger charge is -2.17.